The molecule has 0 bridgehead atoms. The van der Waals surface area contributed by atoms with Gasteiger partial charge in [0.25, 0.3) is 0 Å². The van der Waals surface area contributed by atoms with Crippen molar-refractivity contribution < 1.29 is 14.0 Å². The molecule has 0 heterocycles. The van der Waals surface area contributed by atoms with Gasteiger partial charge >= 0.3 is 6.03 Å². The molecule has 2 N–H and O–H groups in total. The van der Waals surface area contributed by atoms with Gasteiger partial charge in [0.05, 0.1) is 6.04 Å². The highest BCUT2D eigenvalue weighted by Crippen LogP contribution is 2.30. The van der Waals surface area contributed by atoms with E-state index in [1.165, 1.54) is 18.6 Å². The maximum atomic E-state index is 13.1. The minimum Gasteiger partial charge on any atom is -0.335 e. The van der Waals surface area contributed by atoms with Crippen molar-refractivity contribution in [1.82, 2.24) is 15.5 Å². The number of nitrogens with one attached hydrogen (secondary N) is 2. The highest BCUT2D eigenvalue weighted by molar-refractivity contribution is 5.96. The predicted molar refractivity (Wildman–Crippen MR) is 98.0 cm³/mol. The lowest BCUT2D eigenvalue weighted by atomic mass is 9.96. The molecule has 0 spiro atoms. The predicted octanol–water partition coefficient (Wildman–Crippen LogP) is 3.34. The Morgan fingerprint density at radius 3 is 2.38 bits per heavy atom. The average Bonchev–Trinajstić information content (AvgIpc) is 3.46. The first-order valence-corrected chi connectivity index (χ1v) is 9.64. The van der Waals surface area contributed by atoms with Crippen molar-refractivity contribution >= 4 is 11.9 Å². The van der Waals surface area contributed by atoms with Gasteiger partial charge in [-0.05, 0) is 50.3 Å². The first-order chi connectivity index (χ1) is 12.5. The molecule has 0 radical (unpaired) electrons. The van der Waals surface area contributed by atoms with Gasteiger partial charge in [-0.15, -0.1) is 0 Å². The Balaban J connectivity index is 1.54. The van der Waals surface area contributed by atoms with Crippen LogP contribution >= 0.6 is 0 Å². The van der Waals surface area contributed by atoms with Gasteiger partial charge in [0.2, 0.25) is 5.91 Å². The SMILES string of the molecule is C[C@@H](C(=O)NC(=O)NC1CCCCC1)N(Cc1ccc(F)cc1)C1CC1. The molecule has 3 amide bonds. The van der Waals surface area contributed by atoms with E-state index >= 15 is 0 Å². The average molecular weight is 361 g/mol. The quantitative estimate of drug-likeness (QED) is 0.817. The van der Waals surface area contributed by atoms with Gasteiger partial charge in [0.15, 0.2) is 0 Å². The Bertz CT molecular complexity index is 624. The molecule has 1 atom stereocenters. The second-order valence-electron chi connectivity index (χ2n) is 7.50. The minimum atomic E-state index is -0.412. The Morgan fingerprint density at radius 1 is 1.12 bits per heavy atom. The third-order valence-electron chi connectivity index (χ3n) is 5.35. The molecule has 26 heavy (non-hydrogen) atoms. The number of nitrogens with zero attached hydrogens (tertiary/aromatic N) is 1. The standard InChI is InChI=1S/C20H28FN3O2/c1-14(19(25)23-20(26)22-17-5-3-2-4-6-17)24(18-11-12-18)13-15-7-9-16(21)10-8-15/h7-10,14,17-18H,2-6,11-13H2,1H3,(H2,22,23,25,26)/t14-/m0/s1. The van der Waals surface area contributed by atoms with Crippen LogP contribution < -0.4 is 10.6 Å². The molecule has 6 heteroatoms. The monoisotopic (exact) mass is 361 g/mol. The summed E-state index contributed by atoms with van der Waals surface area (Å²) in [6.07, 6.45) is 7.53. The smallest absolute Gasteiger partial charge is 0.321 e. The van der Waals surface area contributed by atoms with Crippen molar-refractivity contribution in [3.63, 3.8) is 0 Å². The Kier molecular flexibility index (Phi) is 6.25. The van der Waals surface area contributed by atoms with Crippen LogP contribution in [0.5, 0.6) is 0 Å². The molecule has 0 unspecified atom stereocenters. The van der Waals surface area contributed by atoms with E-state index in [1.54, 1.807) is 12.1 Å². The van der Waals surface area contributed by atoms with E-state index in [0.29, 0.717) is 12.6 Å². The van der Waals surface area contributed by atoms with Crippen molar-refractivity contribution in [3.8, 4) is 0 Å². The summed E-state index contributed by atoms with van der Waals surface area (Å²) in [5.74, 6) is -0.552. The second kappa shape index (κ2) is 8.62. The molecule has 2 saturated carbocycles. The minimum absolute atomic E-state index is 0.172. The fourth-order valence-electron chi connectivity index (χ4n) is 3.62. The zero-order valence-corrected chi connectivity index (χ0v) is 15.3. The molecule has 0 aromatic heterocycles. The summed E-state index contributed by atoms with van der Waals surface area (Å²) in [6, 6.07) is 6.06. The van der Waals surface area contributed by atoms with Crippen LogP contribution in [0.15, 0.2) is 24.3 Å². The van der Waals surface area contributed by atoms with Gasteiger partial charge in [-0.2, -0.15) is 0 Å². The van der Waals surface area contributed by atoms with Crippen molar-refractivity contribution in [1.29, 1.82) is 0 Å². The molecule has 1 aromatic carbocycles. The van der Waals surface area contributed by atoms with Gasteiger partial charge in [-0.25, -0.2) is 9.18 Å². The highest BCUT2D eigenvalue weighted by atomic mass is 19.1. The van der Waals surface area contributed by atoms with Crippen LogP contribution in [0, 0.1) is 5.82 Å². The lowest BCUT2D eigenvalue weighted by Crippen LogP contribution is -2.51. The van der Waals surface area contributed by atoms with Crippen LogP contribution in [0.3, 0.4) is 0 Å². The Hall–Kier alpha value is -1.95. The molecular formula is C20H28FN3O2. The van der Waals surface area contributed by atoms with E-state index in [4.69, 9.17) is 0 Å². The third kappa shape index (κ3) is 5.27. The normalized spacial score (nSPS) is 19.2. The summed E-state index contributed by atoms with van der Waals surface area (Å²) in [5, 5.41) is 5.41. The molecule has 2 aliphatic carbocycles. The number of carbonyl (C=O) groups is 2. The number of urea groups is 1. The topological polar surface area (TPSA) is 61.4 Å². The number of hydrogen-bond acceptors (Lipinski definition) is 3. The zero-order chi connectivity index (χ0) is 18.5. The van der Waals surface area contributed by atoms with E-state index in [0.717, 1.165) is 44.1 Å². The van der Waals surface area contributed by atoms with Gasteiger partial charge < -0.3 is 5.32 Å². The van der Waals surface area contributed by atoms with Crippen LogP contribution in [0.25, 0.3) is 0 Å². The van der Waals surface area contributed by atoms with Gasteiger partial charge in [0, 0.05) is 18.6 Å². The van der Waals surface area contributed by atoms with E-state index in [2.05, 4.69) is 15.5 Å². The molecule has 0 saturated heterocycles. The summed E-state index contributed by atoms with van der Waals surface area (Å²) in [5.41, 5.74) is 0.963. The second-order valence-corrected chi connectivity index (χ2v) is 7.50. The number of halogens is 1. The number of benzene rings is 1. The van der Waals surface area contributed by atoms with Gasteiger partial charge in [-0.1, -0.05) is 31.4 Å². The summed E-state index contributed by atoms with van der Waals surface area (Å²) >= 11 is 0. The summed E-state index contributed by atoms with van der Waals surface area (Å²) in [4.78, 5) is 26.8. The van der Waals surface area contributed by atoms with Crippen molar-refractivity contribution in [2.75, 3.05) is 0 Å². The fraction of sp³-hybridized carbons (Fsp3) is 0.600. The van der Waals surface area contributed by atoms with Crippen LogP contribution in [-0.2, 0) is 11.3 Å². The van der Waals surface area contributed by atoms with Crippen molar-refractivity contribution in [2.45, 2.75) is 76.5 Å². The first-order valence-electron chi connectivity index (χ1n) is 9.64. The largest absolute Gasteiger partial charge is 0.335 e. The summed E-state index contributed by atoms with van der Waals surface area (Å²) in [7, 11) is 0. The van der Waals surface area contributed by atoms with Crippen LogP contribution in [0.4, 0.5) is 9.18 Å². The van der Waals surface area contributed by atoms with E-state index in [1.807, 2.05) is 6.92 Å². The van der Waals surface area contributed by atoms with E-state index < -0.39 is 12.1 Å². The number of hydrogen-bond donors (Lipinski definition) is 2. The number of rotatable bonds is 6. The lowest BCUT2D eigenvalue weighted by molar-refractivity contribution is -0.125. The van der Waals surface area contributed by atoms with Crippen LogP contribution in [0.1, 0.15) is 57.4 Å². The lowest BCUT2D eigenvalue weighted by Gasteiger charge is -2.28. The maximum Gasteiger partial charge on any atom is 0.321 e. The van der Waals surface area contributed by atoms with Crippen LogP contribution in [-0.4, -0.2) is 35.0 Å². The Labute approximate surface area is 154 Å². The molecule has 3 rings (SSSR count). The molecule has 1 aromatic rings. The van der Waals surface area contributed by atoms with Crippen LogP contribution in [0.2, 0.25) is 0 Å². The maximum absolute atomic E-state index is 13.1. The Morgan fingerprint density at radius 2 is 1.77 bits per heavy atom. The molecule has 142 valence electrons. The fourth-order valence-corrected chi connectivity index (χ4v) is 3.62. The highest BCUT2D eigenvalue weighted by Gasteiger charge is 2.35. The van der Waals surface area contributed by atoms with E-state index in [-0.39, 0.29) is 17.8 Å². The summed E-state index contributed by atoms with van der Waals surface area (Å²) in [6.45, 7) is 2.40. The first kappa shape index (κ1) is 18.8. The zero-order valence-electron chi connectivity index (χ0n) is 15.3. The van der Waals surface area contributed by atoms with Crippen molar-refractivity contribution in [3.05, 3.63) is 35.6 Å². The molecule has 5 nitrogen and oxygen atoms in total. The van der Waals surface area contributed by atoms with E-state index in [9.17, 15) is 14.0 Å². The summed E-state index contributed by atoms with van der Waals surface area (Å²) < 4.78 is 13.1. The molecule has 0 aliphatic heterocycles. The number of imide groups is 1. The number of amides is 3. The van der Waals surface area contributed by atoms with Crippen molar-refractivity contribution in [2.24, 2.45) is 0 Å². The molecule has 2 aliphatic rings. The van der Waals surface area contributed by atoms with Gasteiger partial charge in [0.1, 0.15) is 5.82 Å². The molecular weight excluding hydrogens is 333 g/mol. The van der Waals surface area contributed by atoms with Gasteiger partial charge in [-0.3, -0.25) is 15.0 Å². The molecule has 2 fully saturated rings. The number of carbonyl (C=O) groups excluding carboxylic acids is 2. The third-order valence-corrected chi connectivity index (χ3v) is 5.35.